The smallest absolute Gasteiger partial charge is 0.126 e. The molecule has 1 heterocycles. The average Bonchev–Trinajstić information content (AvgIpc) is 2.38. The van der Waals surface area contributed by atoms with Crippen molar-refractivity contribution in [3.8, 4) is 17.2 Å². The summed E-state index contributed by atoms with van der Waals surface area (Å²) in [6.45, 7) is 0. The van der Waals surface area contributed by atoms with Crippen LogP contribution in [0.5, 0.6) is 0 Å². The second-order valence-corrected chi connectivity index (χ2v) is 3.34. The van der Waals surface area contributed by atoms with Crippen LogP contribution < -0.4 is 5.32 Å². The zero-order chi connectivity index (χ0) is 11.4. The minimum absolute atomic E-state index is 0.677. The molecule has 0 fully saturated rings. The van der Waals surface area contributed by atoms with Crippen LogP contribution in [0.2, 0.25) is 0 Å². The van der Waals surface area contributed by atoms with Gasteiger partial charge in [-0.25, -0.2) is 4.98 Å². The van der Waals surface area contributed by atoms with Crippen molar-refractivity contribution in [2.45, 2.75) is 0 Å². The standard InChI is InChI=1S/C13H11N3/c1-15-13-8-10(6-7-16-13)12-5-3-2-4-11(12)9-14/h2-8H,1H3,(H,15,16). The zero-order valence-electron chi connectivity index (χ0n) is 8.94. The number of anilines is 1. The Bertz CT molecular complexity index is 541. The highest BCUT2D eigenvalue weighted by Gasteiger charge is 2.04. The fourth-order valence-corrected chi connectivity index (χ4v) is 1.57. The van der Waals surface area contributed by atoms with Crippen LogP contribution in [0.15, 0.2) is 42.6 Å². The summed E-state index contributed by atoms with van der Waals surface area (Å²) in [6.07, 6.45) is 1.73. The van der Waals surface area contributed by atoms with Gasteiger partial charge in [0, 0.05) is 13.2 Å². The molecule has 78 valence electrons. The summed E-state index contributed by atoms with van der Waals surface area (Å²) < 4.78 is 0. The monoisotopic (exact) mass is 209 g/mol. The molecule has 1 N–H and O–H groups in total. The van der Waals surface area contributed by atoms with E-state index in [1.54, 1.807) is 6.20 Å². The Labute approximate surface area is 94.4 Å². The topological polar surface area (TPSA) is 48.7 Å². The molecule has 1 aromatic heterocycles. The highest BCUT2D eigenvalue weighted by molar-refractivity contribution is 5.72. The van der Waals surface area contributed by atoms with E-state index in [0.717, 1.165) is 16.9 Å². The number of nitrogens with one attached hydrogen (secondary N) is 1. The van der Waals surface area contributed by atoms with Crippen molar-refractivity contribution in [3.63, 3.8) is 0 Å². The molecular weight excluding hydrogens is 198 g/mol. The highest BCUT2D eigenvalue weighted by atomic mass is 14.9. The van der Waals surface area contributed by atoms with Gasteiger partial charge in [-0.05, 0) is 29.3 Å². The summed E-state index contributed by atoms with van der Waals surface area (Å²) in [5, 5.41) is 12.0. The Morgan fingerprint density at radius 1 is 1.25 bits per heavy atom. The van der Waals surface area contributed by atoms with Crippen molar-refractivity contribution in [2.24, 2.45) is 0 Å². The van der Waals surface area contributed by atoms with Gasteiger partial charge in [0.1, 0.15) is 5.82 Å². The molecule has 3 nitrogen and oxygen atoms in total. The van der Waals surface area contributed by atoms with E-state index in [-0.39, 0.29) is 0 Å². The Kier molecular flexibility index (Phi) is 2.84. The number of aromatic nitrogens is 1. The van der Waals surface area contributed by atoms with Crippen molar-refractivity contribution in [1.29, 1.82) is 5.26 Å². The predicted octanol–water partition coefficient (Wildman–Crippen LogP) is 2.66. The fourth-order valence-electron chi connectivity index (χ4n) is 1.57. The molecular formula is C13H11N3. The lowest BCUT2D eigenvalue weighted by Crippen LogP contribution is -1.92. The van der Waals surface area contributed by atoms with E-state index in [1.165, 1.54) is 0 Å². The maximum Gasteiger partial charge on any atom is 0.126 e. The molecule has 2 rings (SSSR count). The van der Waals surface area contributed by atoms with E-state index >= 15 is 0 Å². The first-order chi connectivity index (χ1) is 7.85. The molecule has 0 unspecified atom stereocenters. The lowest BCUT2D eigenvalue weighted by Gasteiger charge is -2.05. The van der Waals surface area contributed by atoms with Crippen molar-refractivity contribution in [1.82, 2.24) is 4.98 Å². The number of nitrogens with zero attached hydrogens (tertiary/aromatic N) is 2. The van der Waals surface area contributed by atoms with Crippen LogP contribution >= 0.6 is 0 Å². The molecule has 1 aromatic carbocycles. The highest BCUT2D eigenvalue weighted by Crippen LogP contribution is 2.24. The van der Waals surface area contributed by atoms with Gasteiger partial charge in [0.2, 0.25) is 0 Å². The molecule has 0 aliphatic heterocycles. The van der Waals surface area contributed by atoms with Gasteiger partial charge in [-0.15, -0.1) is 0 Å². The molecule has 0 atom stereocenters. The van der Waals surface area contributed by atoms with Crippen LogP contribution in [-0.2, 0) is 0 Å². The Morgan fingerprint density at radius 2 is 2.06 bits per heavy atom. The van der Waals surface area contributed by atoms with E-state index < -0.39 is 0 Å². The molecule has 3 heteroatoms. The number of hydrogen-bond acceptors (Lipinski definition) is 3. The molecule has 16 heavy (non-hydrogen) atoms. The SMILES string of the molecule is CNc1cc(-c2ccccc2C#N)ccn1. The van der Waals surface area contributed by atoms with Gasteiger partial charge < -0.3 is 5.32 Å². The maximum absolute atomic E-state index is 9.02. The quantitative estimate of drug-likeness (QED) is 0.827. The van der Waals surface area contributed by atoms with E-state index in [2.05, 4.69) is 16.4 Å². The van der Waals surface area contributed by atoms with E-state index in [1.807, 2.05) is 43.4 Å². The first-order valence-electron chi connectivity index (χ1n) is 4.98. The van der Waals surface area contributed by atoms with Crippen LogP contribution in [0.4, 0.5) is 5.82 Å². The molecule has 0 saturated heterocycles. The molecule has 0 spiro atoms. The largest absolute Gasteiger partial charge is 0.373 e. The van der Waals surface area contributed by atoms with Crippen LogP contribution in [-0.4, -0.2) is 12.0 Å². The first-order valence-corrected chi connectivity index (χ1v) is 4.98. The average molecular weight is 209 g/mol. The summed E-state index contributed by atoms with van der Waals surface area (Å²) in [5.41, 5.74) is 2.61. The fraction of sp³-hybridized carbons (Fsp3) is 0.0769. The number of rotatable bonds is 2. The normalized spacial score (nSPS) is 9.50. The van der Waals surface area contributed by atoms with Crippen LogP contribution in [0.25, 0.3) is 11.1 Å². The van der Waals surface area contributed by atoms with Gasteiger partial charge in [-0.3, -0.25) is 0 Å². The molecule has 0 aliphatic rings. The molecule has 0 bridgehead atoms. The van der Waals surface area contributed by atoms with Gasteiger partial charge >= 0.3 is 0 Å². The van der Waals surface area contributed by atoms with Crippen molar-refractivity contribution >= 4 is 5.82 Å². The van der Waals surface area contributed by atoms with Gasteiger partial charge in [0.15, 0.2) is 0 Å². The van der Waals surface area contributed by atoms with Gasteiger partial charge in [-0.1, -0.05) is 18.2 Å². The van der Waals surface area contributed by atoms with E-state index in [0.29, 0.717) is 5.56 Å². The lowest BCUT2D eigenvalue weighted by molar-refractivity contribution is 1.29. The minimum atomic E-state index is 0.677. The summed E-state index contributed by atoms with van der Waals surface area (Å²) in [4.78, 5) is 4.14. The third-order valence-corrected chi connectivity index (χ3v) is 2.37. The van der Waals surface area contributed by atoms with Crippen LogP contribution in [0.3, 0.4) is 0 Å². The molecule has 0 amide bonds. The number of nitriles is 1. The van der Waals surface area contributed by atoms with Gasteiger partial charge in [0.05, 0.1) is 11.6 Å². The summed E-state index contributed by atoms with van der Waals surface area (Å²) >= 11 is 0. The zero-order valence-corrected chi connectivity index (χ0v) is 8.94. The number of hydrogen-bond donors (Lipinski definition) is 1. The Hall–Kier alpha value is -2.34. The summed E-state index contributed by atoms with van der Waals surface area (Å²) in [5.74, 6) is 0.797. The number of benzene rings is 1. The van der Waals surface area contributed by atoms with Crippen LogP contribution in [0.1, 0.15) is 5.56 Å². The van der Waals surface area contributed by atoms with Crippen molar-refractivity contribution in [2.75, 3.05) is 12.4 Å². The lowest BCUT2D eigenvalue weighted by atomic mass is 10.0. The predicted molar refractivity (Wildman–Crippen MR) is 63.9 cm³/mol. The molecule has 0 saturated carbocycles. The van der Waals surface area contributed by atoms with E-state index in [4.69, 9.17) is 5.26 Å². The maximum atomic E-state index is 9.02. The minimum Gasteiger partial charge on any atom is -0.373 e. The van der Waals surface area contributed by atoms with Crippen molar-refractivity contribution < 1.29 is 0 Å². The summed E-state index contributed by atoms with van der Waals surface area (Å²) in [7, 11) is 1.82. The summed E-state index contributed by atoms with van der Waals surface area (Å²) in [6, 6.07) is 13.6. The van der Waals surface area contributed by atoms with Gasteiger partial charge in [0.25, 0.3) is 0 Å². The molecule has 0 aliphatic carbocycles. The second kappa shape index (κ2) is 4.45. The molecule has 2 aromatic rings. The van der Waals surface area contributed by atoms with Gasteiger partial charge in [-0.2, -0.15) is 5.26 Å². The Balaban J connectivity index is 2.55. The van der Waals surface area contributed by atoms with E-state index in [9.17, 15) is 0 Å². The van der Waals surface area contributed by atoms with Crippen molar-refractivity contribution in [3.05, 3.63) is 48.2 Å². The number of pyridine rings is 1. The van der Waals surface area contributed by atoms with Crippen LogP contribution in [0, 0.1) is 11.3 Å². The first kappa shape index (κ1) is 10.2. The molecule has 0 radical (unpaired) electrons. The Morgan fingerprint density at radius 3 is 2.81 bits per heavy atom. The third-order valence-electron chi connectivity index (χ3n) is 2.37. The third kappa shape index (κ3) is 1.86. The second-order valence-electron chi connectivity index (χ2n) is 3.34.